The molecular weight excluding hydrogens is 232 g/mol. The minimum absolute atomic E-state index is 0.157. The van der Waals surface area contributed by atoms with Crippen molar-refractivity contribution in [1.29, 1.82) is 0 Å². The van der Waals surface area contributed by atoms with Gasteiger partial charge in [-0.3, -0.25) is 0 Å². The highest BCUT2D eigenvalue weighted by Crippen LogP contribution is 2.34. The van der Waals surface area contributed by atoms with Crippen molar-refractivity contribution in [3.05, 3.63) is 35.4 Å². The summed E-state index contributed by atoms with van der Waals surface area (Å²) in [6.07, 6.45) is 3.51. The Morgan fingerprint density at radius 3 is 2.44 bits per heavy atom. The molecule has 1 aliphatic rings. The van der Waals surface area contributed by atoms with E-state index in [-0.39, 0.29) is 12.1 Å². The molecule has 0 amide bonds. The second kappa shape index (κ2) is 5.79. The van der Waals surface area contributed by atoms with Gasteiger partial charge in [0.2, 0.25) is 0 Å². The lowest BCUT2D eigenvalue weighted by Gasteiger charge is -2.21. The molecule has 2 rings (SSSR count). The van der Waals surface area contributed by atoms with Crippen LogP contribution in [0.25, 0.3) is 0 Å². The van der Waals surface area contributed by atoms with Gasteiger partial charge in [-0.05, 0) is 36.8 Å². The number of hydrogen-bond acceptors (Lipinski definition) is 1. The molecule has 0 heterocycles. The summed E-state index contributed by atoms with van der Waals surface area (Å²) in [5.41, 5.74) is 0.157. The van der Waals surface area contributed by atoms with Crippen LogP contribution < -0.4 is 5.32 Å². The van der Waals surface area contributed by atoms with E-state index < -0.39 is 11.6 Å². The van der Waals surface area contributed by atoms with Crippen molar-refractivity contribution in [1.82, 2.24) is 5.32 Å². The zero-order valence-corrected chi connectivity index (χ0v) is 11.0. The molecular formula is C15H21F2N. The lowest BCUT2D eigenvalue weighted by Crippen LogP contribution is -2.32. The molecule has 0 aromatic heterocycles. The Balaban J connectivity index is 1.96. The zero-order chi connectivity index (χ0) is 13.1. The summed E-state index contributed by atoms with van der Waals surface area (Å²) in [7, 11) is 0. The molecule has 18 heavy (non-hydrogen) atoms. The molecule has 0 radical (unpaired) electrons. The Hall–Kier alpha value is -0.960. The molecule has 1 saturated carbocycles. The first-order valence-electron chi connectivity index (χ1n) is 6.79. The van der Waals surface area contributed by atoms with Crippen LogP contribution in [0.15, 0.2) is 18.2 Å². The molecule has 0 aliphatic heterocycles. The fraction of sp³-hybridized carbons (Fsp3) is 0.600. The summed E-state index contributed by atoms with van der Waals surface area (Å²) < 4.78 is 27.0. The van der Waals surface area contributed by atoms with Crippen LogP contribution in [-0.4, -0.2) is 6.04 Å². The Labute approximate surface area is 108 Å². The SMILES string of the molecule is CCC1CCC(NCc2c(F)cccc2F)C1C. The Kier molecular flexibility index (Phi) is 4.33. The third-order valence-corrected chi connectivity index (χ3v) is 4.35. The predicted octanol–water partition coefficient (Wildman–Crippen LogP) is 3.88. The molecule has 1 fully saturated rings. The maximum absolute atomic E-state index is 13.5. The van der Waals surface area contributed by atoms with Crippen LogP contribution in [0.2, 0.25) is 0 Å². The van der Waals surface area contributed by atoms with Crippen LogP contribution in [0, 0.1) is 23.5 Å². The first kappa shape index (κ1) is 13.5. The van der Waals surface area contributed by atoms with E-state index in [2.05, 4.69) is 19.2 Å². The van der Waals surface area contributed by atoms with E-state index in [1.807, 2.05) is 0 Å². The molecule has 3 heteroatoms. The van der Waals surface area contributed by atoms with Crippen molar-refractivity contribution in [2.24, 2.45) is 11.8 Å². The monoisotopic (exact) mass is 253 g/mol. The number of hydrogen-bond donors (Lipinski definition) is 1. The van der Waals surface area contributed by atoms with Gasteiger partial charge in [-0.15, -0.1) is 0 Å². The quantitative estimate of drug-likeness (QED) is 0.858. The molecule has 100 valence electrons. The van der Waals surface area contributed by atoms with Crippen LogP contribution in [-0.2, 0) is 6.54 Å². The molecule has 0 spiro atoms. The summed E-state index contributed by atoms with van der Waals surface area (Å²) in [5, 5.41) is 3.31. The van der Waals surface area contributed by atoms with E-state index >= 15 is 0 Å². The van der Waals surface area contributed by atoms with Crippen LogP contribution in [0.1, 0.15) is 38.7 Å². The van der Waals surface area contributed by atoms with Gasteiger partial charge in [-0.1, -0.05) is 26.3 Å². The van der Waals surface area contributed by atoms with Gasteiger partial charge in [0, 0.05) is 18.2 Å². The molecule has 3 unspecified atom stereocenters. The lowest BCUT2D eigenvalue weighted by molar-refractivity contribution is 0.341. The van der Waals surface area contributed by atoms with Gasteiger partial charge in [0.1, 0.15) is 11.6 Å². The van der Waals surface area contributed by atoms with Crippen molar-refractivity contribution in [3.63, 3.8) is 0 Å². The highest BCUT2D eigenvalue weighted by molar-refractivity contribution is 5.19. The van der Waals surface area contributed by atoms with Crippen molar-refractivity contribution in [2.45, 2.75) is 45.7 Å². The van der Waals surface area contributed by atoms with Gasteiger partial charge < -0.3 is 5.32 Å². The van der Waals surface area contributed by atoms with Gasteiger partial charge in [0.25, 0.3) is 0 Å². The maximum atomic E-state index is 13.5. The zero-order valence-electron chi connectivity index (χ0n) is 11.0. The molecule has 1 aromatic rings. The summed E-state index contributed by atoms with van der Waals surface area (Å²) in [5.74, 6) is 0.415. The number of nitrogens with one attached hydrogen (secondary N) is 1. The topological polar surface area (TPSA) is 12.0 Å². The van der Waals surface area contributed by atoms with E-state index in [9.17, 15) is 8.78 Å². The van der Waals surface area contributed by atoms with Crippen molar-refractivity contribution >= 4 is 0 Å². The lowest BCUT2D eigenvalue weighted by atomic mass is 9.93. The van der Waals surface area contributed by atoms with E-state index in [1.165, 1.54) is 31.0 Å². The molecule has 1 N–H and O–H groups in total. The average molecular weight is 253 g/mol. The van der Waals surface area contributed by atoms with Gasteiger partial charge >= 0.3 is 0 Å². The third-order valence-electron chi connectivity index (χ3n) is 4.35. The molecule has 0 bridgehead atoms. The number of benzene rings is 1. The minimum atomic E-state index is -0.458. The Bertz CT molecular complexity index is 385. The van der Waals surface area contributed by atoms with Crippen LogP contribution in [0.3, 0.4) is 0 Å². The van der Waals surface area contributed by atoms with Gasteiger partial charge in [0.05, 0.1) is 0 Å². The van der Waals surface area contributed by atoms with Gasteiger partial charge in [-0.25, -0.2) is 8.78 Å². The smallest absolute Gasteiger partial charge is 0.130 e. The second-order valence-corrected chi connectivity index (χ2v) is 5.29. The Morgan fingerprint density at radius 2 is 1.89 bits per heavy atom. The number of rotatable bonds is 4. The van der Waals surface area contributed by atoms with Crippen LogP contribution >= 0.6 is 0 Å². The predicted molar refractivity (Wildman–Crippen MR) is 69.2 cm³/mol. The van der Waals surface area contributed by atoms with E-state index in [1.54, 1.807) is 0 Å². The summed E-state index contributed by atoms with van der Waals surface area (Å²) >= 11 is 0. The largest absolute Gasteiger partial charge is 0.309 e. The molecule has 3 atom stereocenters. The summed E-state index contributed by atoms with van der Waals surface area (Å²) in [4.78, 5) is 0. The normalized spacial score (nSPS) is 27.7. The third kappa shape index (κ3) is 2.72. The highest BCUT2D eigenvalue weighted by Gasteiger charge is 2.31. The number of halogens is 2. The molecule has 1 aromatic carbocycles. The van der Waals surface area contributed by atoms with E-state index in [0.717, 1.165) is 12.3 Å². The van der Waals surface area contributed by atoms with E-state index in [0.29, 0.717) is 12.0 Å². The van der Waals surface area contributed by atoms with Crippen LogP contribution in [0.5, 0.6) is 0 Å². The fourth-order valence-electron chi connectivity index (χ4n) is 3.05. The second-order valence-electron chi connectivity index (χ2n) is 5.29. The molecule has 1 nitrogen and oxygen atoms in total. The van der Waals surface area contributed by atoms with Crippen molar-refractivity contribution < 1.29 is 8.78 Å². The van der Waals surface area contributed by atoms with Crippen molar-refractivity contribution in [3.8, 4) is 0 Å². The van der Waals surface area contributed by atoms with Crippen molar-refractivity contribution in [2.75, 3.05) is 0 Å². The fourth-order valence-corrected chi connectivity index (χ4v) is 3.05. The average Bonchev–Trinajstić information content (AvgIpc) is 2.70. The Morgan fingerprint density at radius 1 is 1.22 bits per heavy atom. The maximum Gasteiger partial charge on any atom is 0.130 e. The summed E-state index contributed by atoms with van der Waals surface area (Å²) in [6, 6.07) is 4.41. The van der Waals surface area contributed by atoms with Gasteiger partial charge in [0.15, 0.2) is 0 Å². The standard InChI is InChI=1S/C15H21F2N/c1-3-11-7-8-15(10(11)2)18-9-12-13(16)5-4-6-14(12)17/h4-6,10-11,15,18H,3,7-9H2,1-2H3. The van der Waals surface area contributed by atoms with Crippen LogP contribution in [0.4, 0.5) is 8.78 Å². The highest BCUT2D eigenvalue weighted by atomic mass is 19.1. The minimum Gasteiger partial charge on any atom is -0.309 e. The first-order valence-corrected chi connectivity index (χ1v) is 6.79. The van der Waals surface area contributed by atoms with Gasteiger partial charge in [-0.2, -0.15) is 0 Å². The molecule has 0 saturated heterocycles. The van der Waals surface area contributed by atoms with E-state index in [4.69, 9.17) is 0 Å². The first-order chi connectivity index (χ1) is 8.63. The summed E-state index contributed by atoms with van der Waals surface area (Å²) in [6.45, 7) is 4.72. The molecule has 1 aliphatic carbocycles.